The molecule has 0 unspecified atom stereocenters. The Morgan fingerprint density at radius 2 is 2.12 bits per heavy atom. The Morgan fingerprint density at radius 3 is 2.92 bits per heavy atom. The maximum atomic E-state index is 12.4. The molecule has 0 radical (unpaired) electrons. The Bertz CT molecular complexity index is 809. The predicted octanol–water partition coefficient (Wildman–Crippen LogP) is 3.38. The van der Waals surface area contributed by atoms with Gasteiger partial charge in [-0.05, 0) is 48.7 Å². The van der Waals surface area contributed by atoms with Gasteiger partial charge in [0.1, 0.15) is 0 Å². The zero-order valence-electron chi connectivity index (χ0n) is 13.6. The number of carbonyl (C=O) groups is 1. The average molecular weight is 320 g/mol. The molecule has 24 heavy (non-hydrogen) atoms. The number of amides is 1. The van der Waals surface area contributed by atoms with Gasteiger partial charge >= 0.3 is 0 Å². The third kappa shape index (κ3) is 3.29. The second-order valence-corrected chi connectivity index (χ2v) is 6.27. The second kappa shape index (κ2) is 6.81. The van der Waals surface area contributed by atoms with Gasteiger partial charge in [-0.25, -0.2) is 0 Å². The minimum atomic E-state index is -0.151. The Balaban J connectivity index is 2.15. The second-order valence-electron chi connectivity index (χ2n) is 6.27. The number of pyridine rings is 1. The lowest BCUT2D eigenvalue weighted by Crippen LogP contribution is -2.22. The molecule has 1 aromatic heterocycles. The molecule has 0 saturated carbocycles. The van der Waals surface area contributed by atoms with E-state index in [2.05, 4.69) is 16.4 Å². The summed E-state index contributed by atoms with van der Waals surface area (Å²) in [7, 11) is 0. The number of nitrogens with two attached hydrogens (primary N) is 1. The van der Waals surface area contributed by atoms with Crippen molar-refractivity contribution in [3.05, 3.63) is 47.8 Å². The molecule has 0 saturated heterocycles. The highest BCUT2D eigenvalue weighted by Gasteiger charge is 2.18. The van der Waals surface area contributed by atoms with Crippen LogP contribution in [-0.2, 0) is 4.79 Å². The Labute approximate surface area is 141 Å². The maximum absolute atomic E-state index is 12.4. The molecule has 5 nitrogen and oxygen atoms in total. The molecule has 1 amide bonds. The minimum Gasteiger partial charge on any atom is -0.325 e. The lowest BCUT2D eigenvalue weighted by molar-refractivity contribution is -0.119. The van der Waals surface area contributed by atoms with Gasteiger partial charge in [-0.15, -0.1) is 0 Å². The summed E-state index contributed by atoms with van der Waals surface area (Å²) in [5.41, 5.74) is 10.1. The largest absolute Gasteiger partial charge is 0.325 e. The molecule has 0 spiro atoms. The third-order valence-electron chi connectivity index (χ3n) is 4.48. The standard InChI is InChI=1S/C19H20N4O/c1-12-3-2-4-16(21)18-10-14(7-8-22-18)15-9-13(11-20)5-6-17(15)23-19(12)24/h5-10,12,16H,2-4,21H2,1H3,(H,23,24)/t12-,16+/m1/s1. The molecule has 2 heterocycles. The minimum absolute atomic E-state index is 0.00983. The van der Waals surface area contributed by atoms with E-state index in [1.54, 1.807) is 24.4 Å². The normalized spacial score (nSPS) is 20.8. The topological polar surface area (TPSA) is 91.8 Å². The first-order valence-corrected chi connectivity index (χ1v) is 8.15. The maximum Gasteiger partial charge on any atom is 0.227 e. The predicted molar refractivity (Wildman–Crippen MR) is 93.0 cm³/mol. The number of hydrogen-bond acceptors (Lipinski definition) is 4. The molecule has 0 aliphatic carbocycles. The zero-order valence-corrected chi connectivity index (χ0v) is 13.6. The van der Waals surface area contributed by atoms with Crippen LogP contribution >= 0.6 is 0 Å². The lowest BCUT2D eigenvalue weighted by atomic mass is 9.95. The van der Waals surface area contributed by atoms with Crippen LogP contribution in [0, 0.1) is 17.2 Å². The molecule has 3 rings (SSSR count). The summed E-state index contributed by atoms with van der Waals surface area (Å²) in [4.78, 5) is 16.8. The molecular weight excluding hydrogens is 300 g/mol. The number of rotatable bonds is 0. The number of nitrogens with zero attached hydrogens (tertiary/aromatic N) is 2. The monoisotopic (exact) mass is 320 g/mol. The summed E-state index contributed by atoms with van der Waals surface area (Å²) in [5.74, 6) is -0.101. The van der Waals surface area contributed by atoms with Crippen LogP contribution in [-0.4, -0.2) is 10.9 Å². The molecule has 2 bridgehead atoms. The van der Waals surface area contributed by atoms with Gasteiger partial charge in [-0.2, -0.15) is 5.26 Å². The number of aromatic nitrogens is 1. The number of benzene rings is 1. The Hall–Kier alpha value is -2.71. The van der Waals surface area contributed by atoms with Crippen molar-refractivity contribution in [3.63, 3.8) is 0 Å². The number of fused-ring (bicyclic) bond motifs is 4. The zero-order chi connectivity index (χ0) is 17.1. The molecule has 0 fully saturated rings. The fraction of sp³-hybridized carbons (Fsp3) is 0.316. The van der Waals surface area contributed by atoms with E-state index in [0.717, 1.165) is 36.1 Å². The van der Waals surface area contributed by atoms with Gasteiger partial charge < -0.3 is 11.1 Å². The summed E-state index contributed by atoms with van der Waals surface area (Å²) >= 11 is 0. The Kier molecular flexibility index (Phi) is 4.59. The molecular formula is C19H20N4O. The first kappa shape index (κ1) is 16.2. The van der Waals surface area contributed by atoms with E-state index < -0.39 is 0 Å². The van der Waals surface area contributed by atoms with Crippen molar-refractivity contribution in [3.8, 4) is 17.2 Å². The highest BCUT2D eigenvalue weighted by Crippen LogP contribution is 2.32. The van der Waals surface area contributed by atoms with Gasteiger partial charge in [0.15, 0.2) is 0 Å². The average Bonchev–Trinajstić information content (AvgIpc) is 2.61. The molecule has 3 N–H and O–H groups in total. The van der Waals surface area contributed by atoms with Crippen molar-refractivity contribution in [2.24, 2.45) is 11.7 Å². The number of anilines is 1. The smallest absolute Gasteiger partial charge is 0.227 e. The van der Waals surface area contributed by atoms with Crippen LogP contribution in [0.4, 0.5) is 5.69 Å². The molecule has 1 aromatic carbocycles. The van der Waals surface area contributed by atoms with E-state index in [1.807, 2.05) is 19.1 Å². The highest BCUT2D eigenvalue weighted by molar-refractivity contribution is 5.96. The summed E-state index contributed by atoms with van der Waals surface area (Å²) in [6.45, 7) is 1.92. The van der Waals surface area contributed by atoms with Gasteiger partial charge in [-0.1, -0.05) is 13.3 Å². The van der Waals surface area contributed by atoms with Gasteiger partial charge in [0.2, 0.25) is 5.91 Å². The fourth-order valence-electron chi connectivity index (χ4n) is 2.96. The molecule has 5 heteroatoms. The van der Waals surface area contributed by atoms with Crippen LogP contribution in [0.2, 0.25) is 0 Å². The van der Waals surface area contributed by atoms with Crippen molar-refractivity contribution >= 4 is 11.6 Å². The first-order chi connectivity index (χ1) is 11.6. The van der Waals surface area contributed by atoms with Crippen molar-refractivity contribution in [1.29, 1.82) is 5.26 Å². The van der Waals surface area contributed by atoms with Crippen molar-refractivity contribution < 1.29 is 4.79 Å². The van der Waals surface area contributed by atoms with Crippen molar-refractivity contribution in [1.82, 2.24) is 4.98 Å². The van der Waals surface area contributed by atoms with Gasteiger partial charge in [0.05, 0.1) is 17.3 Å². The highest BCUT2D eigenvalue weighted by atomic mass is 16.1. The Morgan fingerprint density at radius 1 is 1.29 bits per heavy atom. The van der Waals surface area contributed by atoms with Crippen molar-refractivity contribution in [2.45, 2.75) is 32.2 Å². The molecule has 1 aliphatic heterocycles. The summed E-state index contributed by atoms with van der Waals surface area (Å²) in [5, 5.41) is 12.2. The fourth-order valence-corrected chi connectivity index (χ4v) is 2.96. The number of carbonyl (C=O) groups excluding carboxylic acids is 1. The van der Waals surface area contributed by atoms with E-state index in [-0.39, 0.29) is 17.9 Å². The van der Waals surface area contributed by atoms with E-state index in [1.165, 1.54) is 0 Å². The van der Waals surface area contributed by atoms with Crippen molar-refractivity contribution in [2.75, 3.05) is 5.32 Å². The van der Waals surface area contributed by atoms with Gasteiger partial charge in [-0.3, -0.25) is 9.78 Å². The van der Waals surface area contributed by atoms with E-state index >= 15 is 0 Å². The third-order valence-corrected chi connectivity index (χ3v) is 4.48. The van der Waals surface area contributed by atoms with Crippen LogP contribution in [0.3, 0.4) is 0 Å². The molecule has 1 aliphatic rings. The number of nitriles is 1. The molecule has 2 aromatic rings. The van der Waals surface area contributed by atoms with Gasteiger partial charge in [0.25, 0.3) is 0 Å². The quantitative estimate of drug-likeness (QED) is 0.778. The summed E-state index contributed by atoms with van der Waals surface area (Å²) < 4.78 is 0. The van der Waals surface area contributed by atoms with Gasteiger partial charge in [0, 0.05) is 29.4 Å². The van der Waals surface area contributed by atoms with Crippen LogP contribution in [0.15, 0.2) is 36.5 Å². The van der Waals surface area contributed by atoms with E-state index in [4.69, 9.17) is 5.73 Å². The van der Waals surface area contributed by atoms with E-state index in [9.17, 15) is 10.1 Å². The lowest BCUT2D eigenvalue weighted by Gasteiger charge is -2.19. The summed E-state index contributed by atoms with van der Waals surface area (Å²) in [6.07, 6.45) is 4.18. The SMILES string of the molecule is C[C@@H]1CCC[C@H](N)c2cc(ccn2)-c2cc(C#N)ccc2NC1=O. The molecule has 122 valence electrons. The van der Waals surface area contributed by atoms with Crippen LogP contribution in [0.1, 0.15) is 43.5 Å². The number of nitrogens with one attached hydrogen (secondary N) is 1. The van der Waals surface area contributed by atoms with Crippen LogP contribution in [0.5, 0.6) is 0 Å². The number of hydrogen-bond donors (Lipinski definition) is 2. The summed E-state index contributed by atoms with van der Waals surface area (Å²) in [6, 6.07) is 11.1. The first-order valence-electron chi connectivity index (χ1n) is 8.15. The van der Waals surface area contributed by atoms with Crippen LogP contribution < -0.4 is 11.1 Å². The van der Waals surface area contributed by atoms with Crippen LogP contribution in [0.25, 0.3) is 11.1 Å². The van der Waals surface area contributed by atoms with E-state index in [0.29, 0.717) is 11.3 Å². The molecule has 2 atom stereocenters.